The first-order chi connectivity index (χ1) is 12.7. The van der Waals surface area contributed by atoms with Gasteiger partial charge in [0.25, 0.3) is 0 Å². The van der Waals surface area contributed by atoms with Gasteiger partial charge in [-0.25, -0.2) is 0 Å². The van der Waals surface area contributed by atoms with Crippen molar-refractivity contribution in [2.45, 2.75) is 118 Å². The van der Waals surface area contributed by atoms with Crippen LogP contribution < -0.4 is 0 Å². The van der Waals surface area contributed by atoms with E-state index in [-0.39, 0.29) is 5.60 Å². The van der Waals surface area contributed by atoms with Crippen molar-refractivity contribution in [1.29, 1.82) is 0 Å². The first-order valence-corrected chi connectivity index (χ1v) is 11.5. The molecule has 0 heterocycles. The van der Waals surface area contributed by atoms with Crippen LogP contribution in [0.2, 0.25) is 0 Å². The van der Waals surface area contributed by atoms with E-state index < -0.39 is 0 Å². The zero-order valence-corrected chi connectivity index (χ0v) is 19.5. The monoisotopic (exact) mass is 386 g/mol. The summed E-state index contributed by atoms with van der Waals surface area (Å²) >= 11 is 0. The lowest BCUT2D eigenvalue weighted by Gasteiger charge is -2.19. The topological polar surface area (TPSA) is 27.7 Å². The number of hydrogen-bond donors (Lipinski definition) is 0. The molecule has 0 saturated heterocycles. The molecule has 0 N–H and O–H groups in total. The van der Waals surface area contributed by atoms with Crippen LogP contribution in [0, 0.1) is 5.41 Å². The highest BCUT2D eigenvalue weighted by atomic mass is 16.5. The molecule has 0 unspecified atom stereocenters. The van der Waals surface area contributed by atoms with Gasteiger partial charge in [0.2, 0.25) is 0 Å². The third-order valence-electron chi connectivity index (χ3n) is 4.51. The second-order valence-electron chi connectivity index (χ2n) is 10.0. The molecule has 0 aromatic rings. The van der Waals surface area contributed by atoms with Crippen LogP contribution >= 0.6 is 0 Å². The lowest BCUT2D eigenvalue weighted by atomic mass is 9.89. The van der Waals surface area contributed by atoms with Gasteiger partial charge in [-0.1, -0.05) is 46.5 Å². The molecule has 3 nitrogen and oxygen atoms in total. The quantitative estimate of drug-likeness (QED) is 0.234. The number of ether oxygens (including phenoxy) is 3. The van der Waals surface area contributed by atoms with Gasteiger partial charge >= 0.3 is 0 Å². The molecule has 0 aliphatic rings. The maximum absolute atomic E-state index is 5.72. The van der Waals surface area contributed by atoms with Crippen LogP contribution in [0.25, 0.3) is 0 Å². The Hall–Kier alpha value is -0.120. The van der Waals surface area contributed by atoms with Crippen LogP contribution in [-0.2, 0) is 14.2 Å². The summed E-state index contributed by atoms with van der Waals surface area (Å²) < 4.78 is 17.1. The van der Waals surface area contributed by atoms with E-state index in [4.69, 9.17) is 14.2 Å². The largest absolute Gasteiger partial charge is 0.381 e. The highest BCUT2D eigenvalue weighted by molar-refractivity contribution is 4.61. The molecular formula is C24H50O3. The Bertz CT molecular complexity index is 272. The molecule has 0 atom stereocenters. The van der Waals surface area contributed by atoms with Crippen LogP contribution in [0.15, 0.2) is 0 Å². The Morgan fingerprint density at radius 2 is 0.815 bits per heavy atom. The van der Waals surface area contributed by atoms with Crippen molar-refractivity contribution in [2.75, 3.05) is 33.0 Å². The van der Waals surface area contributed by atoms with Gasteiger partial charge < -0.3 is 14.2 Å². The van der Waals surface area contributed by atoms with Crippen LogP contribution in [0.3, 0.4) is 0 Å². The van der Waals surface area contributed by atoms with Crippen LogP contribution in [0.5, 0.6) is 0 Å². The van der Waals surface area contributed by atoms with Crippen molar-refractivity contribution < 1.29 is 14.2 Å². The van der Waals surface area contributed by atoms with E-state index in [0.717, 1.165) is 58.7 Å². The molecule has 0 saturated carbocycles. The Morgan fingerprint density at radius 3 is 1.30 bits per heavy atom. The van der Waals surface area contributed by atoms with E-state index in [1.807, 2.05) is 0 Å². The second-order valence-corrected chi connectivity index (χ2v) is 10.0. The van der Waals surface area contributed by atoms with Crippen LogP contribution in [0.1, 0.15) is 112 Å². The van der Waals surface area contributed by atoms with E-state index in [9.17, 15) is 0 Å². The van der Waals surface area contributed by atoms with Crippen molar-refractivity contribution in [3.8, 4) is 0 Å². The van der Waals surface area contributed by atoms with Crippen molar-refractivity contribution in [1.82, 2.24) is 0 Å². The van der Waals surface area contributed by atoms with Gasteiger partial charge in [-0.15, -0.1) is 0 Å². The zero-order chi connectivity index (χ0) is 20.4. The summed E-state index contributed by atoms with van der Waals surface area (Å²) in [6, 6.07) is 0. The van der Waals surface area contributed by atoms with Gasteiger partial charge in [-0.3, -0.25) is 0 Å². The Kier molecular flexibility index (Phi) is 16.7. The minimum Gasteiger partial charge on any atom is -0.381 e. The fraction of sp³-hybridized carbons (Fsp3) is 1.00. The Labute approximate surface area is 170 Å². The molecule has 0 aliphatic carbocycles. The molecule has 0 radical (unpaired) electrons. The summed E-state index contributed by atoms with van der Waals surface area (Å²) in [4.78, 5) is 0. The van der Waals surface area contributed by atoms with E-state index in [0.29, 0.717) is 5.41 Å². The van der Waals surface area contributed by atoms with Crippen molar-refractivity contribution in [2.24, 2.45) is 5.41 Å². The summed E-state index contributed by atoms with van der Waals surface area (Å²) in [6.45, 7) is 17.7. The third-order valence-corrected chi connectivity index (χ3v) is 4.51. The highest BCUT2D eigenvalue weighted by Crippen LogP contribution is 2.22. The predicted octanol–water partition coefficient (Wildman–Crippen LogP) is 7.17. The average molecular weight is 387 g/mol. The van der Waals surface area contributed by atoms with Crippen LogP contribution in [-0.4, -0.2) is 38.6 Å². The molecule has 0 fully saturated rings. The predicted molar refractivity (Wildman–Crippen MR) is 118 cm³/mol. The molecule has 164 valence electrons. The van der Waals surface area contributed by atoms with E-state index in [1.165, 1.54) is 44.9 Å². The van der Waals surface area contributed by atoms with Gasteiger partial charge in [0.15, 0.2) is 0 Å². The Morgan fingerprint density at radius 1 is 0.444 bits per heavy atom. The maximum atomic E-state index is 5.72. The third kappa shape index (κ3) is 25.9. The number of hydrogen-bond acceptors (Lipinski definition) is 3. The first-order valence-electron chi connectivity index (χ1n) is 11.5. The van der Waals surface area contributed by atoms with Crippen LogP contribution in [0.4, 0.5) is 0 Å². The lowest BCUT2D eigenvalue weighted by molar-refractivity contribution is -0.00538. The van der Waals surface area contributed by atoms with Gasteiger partial charge in [0, 0.05) is 33.0 Å². The summed E-state index contributed by atoms with van der Waals surface area (Å²) in [5.74, 6) is 0. The second kappa shape index (κ2) is 16.8. The summed E-state index contributed by atoms with van der Waals surface area (Å²) in [5.41, 5.74) is 0.485. The molecule has 27 heavy (non-hydrogen) atoms. The smallest absolute Gasteiger partial charge is 0.0598 e. The molecule has 0 bridgehead atoms. The zero-order valence-electron chi connectivity index (χ0n) is 19.5. The van der Waals surface area contributed by atoms with Gasteiger partial charge in [0.1, 0.15) is 0 Å². The van der Waals surface area contributed by atoms with E-state index >= 15 is 0 Å². The fourth-order valence-electron chi connectivity index (χ4n) is 2.86. The molecular weight excluding hydrogens is 336 g/mol. The van der Waals surface area contributed by atoms with Crippen molar-refractivity contribution in [3.63, 3.8) is 0 Å². The standard InChI is InChI=1S/C24H50O3/c1-23(2,3)17-11-8-7-9-12-18-25-20-15-16-21-26-19-13-10-14-22-27-24(4,5)6/h7-22H2,1-6H3. The number of unbranched alkanes of at least 4 members (excludes halogenated alkanes) is 7. The van der Waals surface area contributed by atoms with Crippen molar-refractivity contribution in [3.05, 3.63) is 0 Å². The minimum absolute atomic E-state index is 0.00927. The molecule has 0 amide bonds. The highest BCUT2D eigenvalue weighted by Gasteiger charge is 2.09. The Balaban J connectivity index is 3.07. The van der Waals surface area contributed by atoms with Gasteiger partial charge in [-0.2, -0.15) is 0 Å². The van der Waals surface area contributed by atoms with Gasteiger partial charge in [-0.05, 0) is 71.1 Å². The molecule has 0 aromatic carbocycles. The molecule has 3 heteroatoms. The average Bonchev–Trinajstić information content (AvgIpc) is 2.55. The normalized spacial score (nSPS) is 12.7. The minimum atomic E-state index is -0.00927. The van der Waals surface area contributed by atoms with E-state index in [1.54, 1.807) is 0 Å². The summed E-state index contributed by atoms with van der Waals surface area (Å²) in [7, 11) is 0. The molecule has 0 aliphatic heterocycles. The first kappa shape index (κ1) is 26.9. The molecule has 0 rings (SSSR count). The molecule has 0 aromatic heterocycles. The summed E-state index contributed by atoms with van der Waals surface area (Å²) in [5, 5.41) is 0. The lowest BCUT2D eigenvalue weighted by Crippen LogP contribution is -2.19. The van der Waals surface area contributed by atoms with E-state index in [2.05, 4.69) is 41.5 Å². The van der Waals surface area contributed by atoms with Gasteiger partial charge in [0.05, 0.1) is 5.60 Å². The fourth-order valence-corrected chi connectivity index (χ4v) is 2.86. The molecule has 0 spiro atoms. The number of rotatable bonds is 18. The maximum Gasteiger partial charge on any atom is 0.0598 e. The summed E-state index contributed by atoms with van der Waals surface area (Å²) in [6.07, 6.45) is 13.7. The SMILES string of the molecule is CC(C)(C)CCCCCCCOCCCCOCCCCCOC(C)(C)C. The van der Waals surface area contributed by atoms with Crippen molar-refractivity contribution >= 4 is 0 Å².